The molecule has 1 unspecified atom stereocenters. The first-order valence-corrected chi connectivity index (χ1v) is 15.1. The molecular weight excluding hydrogens is 637 g/mol. The average molecular weight is 668 g/mol. The van der Waals surface area contributed by atoms with Crippen LogP contribution in [0.3, 0.4) is 0 Å². The number of rotatable bonds is 9. The highest BCUT2D eigenvalue weighted by Crippen LogP contribution is 2.54. The van der Waals surface area contributed by atoms with E-state index in [9.17, 15) is 37.3 Å². The second kappa shape index (κ2) is 12.8. The van der Waals surface area contributed by atoms with E-state index in [1.165, 1.54) is 24.2 Å². The van der Waals surface area contributed by atoms with Gasteiger partial charge in [0.15, 0.2) is 17.5 Å². The van der Waals surface area contributed by atoms with E-state index in [0.717, 1.165) is 23.9 Å². The average Bonchev–Trinajstić information content (AvgIpc) is 3.63. The molecule has 3 N–H and O–H groups in total. The van der Waals surface area contributed by atoms with Gasteiger partial charge in [0.2, 0.25) is 5.92 Å². The zero-order chi connectivity index (χ0) is 32.0. The van der Waals surface area contributed by atoms with E-state index in [1.807, 2.05) is 0 Å². The minimum Gasteiger partial charge on any atom is -0.394 e. The summed E-state index contributed by atoms with van der Waals surface area (Å²) in [5.41, 5.74) is -2.49. The lowest BCUT2D eigenvalue weighted by molar-refractivity contribution is -0.186. The number of benzene rings is 1. The molecule has 17 heteroatoms. The summed E-state index contributed by atoms with van der Waals surface area (Å²) in [5.74, 6) is -7.44. The van der Waals surface area contributed by atoms with Crippen LogP contribution in [-0.2, 0) is 16.0 Å². The lowest BCUT2D eigenvalue weighted by Crippen LogP contribution is -2.56. The molecule has 5 rings (SSSR count). The summed E-state index contributed by atoms with van der Waals surface area (Å²) >= 11 is 7.55. The smallest absolute Gasteiger partial charge is 0.248 e. The number of aliphatic hydroxyl groups excluding tert-OH is 2. The fraction of sp³-hybridized carbons (Fsp3) is 0.593. The molecule has 1 aliphatic carbocycles. The number of halogens is 6. The highest BCUT2D eigenvalue weighted by atomic mass is 35.5. The van der Waals surface area contributed by atoms with E-state index in [-0.39, 0.29) is 29.1 Å². The molecule has 0 bridgehead atoms. The maximum Gasteiger partial charge on any atom is 0.248 e. The summed E-state index contributed by atoms with van der Waals surface area (Å²) in [6.45, 7) is 1.52. The fourth-order valence-electron chi connectivity index (χ4n) is 5.76. The number of alkyl halides is 2. The second-order valence-electron chi connectivity index (χ2n) is 10.9. The third-order valence-corrected chi connectivity index (χ3v) is 10.1. The molecule has 10 nitrogen and oxygen atoms in total. The SMILES string of the molecule is CCn1ncc(Cl)c1C(S[C@@H]1O[C@H](CO)[C@H](O)[C@H](n2cc(-c3cc(F)c(F)c(F)c3)nn2)[C@H]1OC)C1(O)CCC(F)(F)CC1. The minimum atomic E-state index is -2.94. The molecule has 1 saturated carbocycles. The molecule has 2 aromatic heterocycles. The largest absolute Gasteiger partial charge is 0.394 e. The van der Waals surface area contributed by atoms with Crippen molar-refractivity contribution in [2.75, 3.05) is 13.7 Å². The van der Waals surface area contributed by atoms with Gasteiger partial charge in [-0.05, 0) is 31.9 Å². The molecule has 0 amide bonds. The molecule has 1 aliphatic heterocycles. The standard InChI is InChI=1S/C27H31ClF5N5O5S/c1-3-37-20(14(28)10-34-37)24(26(41)4-6-27(32,33)7-5-26)44-25-23(42-2)21(22(40)18(12-39)43-25)38-11-17(35-36-38)13-8-15(29)19(31)16(30)9-13/h8-11,18,21-25,39-41H,3-7,12H2,1-2H3/t18-,21+,22+,23-,24?,25+/m1/s1. The summed E-state index contributed by atoms with van der Waals surface area (Å²) in [6.07, 6.45) is -2.62. The lowest BCUT2D eigenvalue weighted by Gasteiger charge is -2.47. The van der Waals surface area contributed by atoms with E-state index in [0.29, 0.717) is 12.2 Å². The second-order valence-corrected chi connectivity index (χ2v) is 12.5. The van der Waals surface area contributed by atoms with Crippen LogP contribution in [0.2, 0.25) is 5.02 Å². The van der Waals surface area contributed by atoms with Crippen molar-refractivity contribution < 1.29 is 46.7 Å². The molecule has 6 atom stereocenters. The summed E-state index contributed by atoms with van der Waals surface area (Å²) in [6, 6.07) is 0.392. The summed E-state index contributed by atoms with van der Waals surface area (Å²) < 4.78 is 84.3. The van der Waals surface area contributed by atoms with Gasteiger partial charge in [0, 0.05) is 32.1 Å². The van der Waals surface area contributed by atoms with E-state index < -0.39 is 83.5 Å². The molecule has 3 aromatic rings. The van der Waals surface area contributed by atoms with Crippen molar-refractivity contribution in [3.63, 3.8) is 0 Å². The van der Waals surface area contributed by atoms with Crippen molar-refractivity contribution >= 4 is 23.4 Å². The first-order valence-electron chi connectivity index (χ1n) is 13.8. The highest BCUT2D eigenvalue weighted by Gasteiger charge is 2.53. The summed E-state index contributed by atoms with van der Waals surface area (Å²) in [5, 5.41) is 44.6. The van der Waals surface area contributed by atoms with Crippen LogP contribution in [-0.4, -0.2) is 89.1 Å². The van der Waals surface area contributed by atoms with E-state index in [4.69, 9.17) is 21.1 Å². The van der Waals surface area contributed by atoms with Crippen LogP contribution < -0.4 is 0 Å². The van der Waals surface area contributed by atoms with Crippen LogP contribution in [0, 0.1) is 17.5 Å². The third-order valence-electron chi connectivity index (χ3n) is 8.18. The number of nitrogens with zero attached hydrogens (tertiary/aromatic N) is 5. The van der Waals surface area contributed by atoms with Gasteiger partial charge in [0.25, 0.3) is 0 Å². The van der Waals surface area contributed by atoms with Gasteiger partial charge in [0.1, 0.15) is 35.5 Å². The van der Waals surface area contributed by atoms with Gasteiger partial charge in [-0.3, -0.25) is 4.68 Å². The van der Waals surface area contributed by atoms with Gasteiger partial charge in [-0.1, -0.05) is 16.8 Å². The molecule has 0 radical (unpaired) electrons. The van der Waals surface area contributed by atoms with Crippen molar-refractivity contribution in [2.24, 2.45) is 0 Å². The van der Waals surface area contributed by atoms with Crippen LogP contribution in [0.1, 0.15) is 49.6 Å². The van der Waals surface area contributed by atoms with Crippen molar-refractivity contribution in [1.29, 1.82) is 0 Å². The number of aromatic nitrogens is 5. The van der Waals surface area contributed by atoms with Crippen molar-refractivity contribution in [1.82, 2.24) is 24.8 Å². The van der Waals surface area contributed by atoms with Crippen molar-refractivity contribution in [3.8, 4) is 11.3 Å². The van der Waals surface area contributed by atoms with Crippen LogP contribution >= 0.6 is 23.4 Å². The molecule has 3 heterocycles. The van der Waals surface area contributed by atoms with E-state index in [1.54, 1.807) is 11.6 Å². The van der Waals surface area contributed by atoms with Gasteiger partial charge in [-0.25, -0.2) is 26.6 Å². The van der Waals surface area contributed by atoms with Gasteiger partial charge in [0.05, 0.1) is 40.6 Å². The molecule has 0 spiro atoms. The van der Waals surface area contributed by atoms with Crippen LogP contribution in [0.15, 0.2) is 24.5 Å². The normalized spacial score (nSPS) is 27.4. The highest BCUT2D eigenvalue weighted by molar-refractivity contribution is 8.00. The number of ether oxygens (including phenoxy) is 2. The Bertz CT molecular complexity index is 1450. The molecule has 1 saturated heterocycles. The van der Waals surface area contributed by atoms with Gasteiger partial charge >= 0.3 is 0 Å². The molecule has 242 valence electrons. The number of aryl methyl sites for hydroxylation is 1. The maximum atomic E-state index is 14.2. The Morgan fingerprint density at radius 1 is 1.18 bits per heavy atom. The lowest BCUT2D eigenvalue weighted by atomic mass is 9.79. The number of hydrogen-bond acceptors (Lipinski definition) is 9. The Balaban J connectivity index is 1.52. The quantitative estimate of drug-likeness (QED) is 0.226. The Morgan fingerprint density at radius 2 is 1.84 bits per heavy atom. The van der Waals surface area contributed by atoms with Gasteiger partial charge < -0.3 is 24.8 Å². The van der Waals surface area contributed by atoms with Crippen molar-refractivity contribution in [3.05, 3.63) is 52.7 Å². The number of methoxy groups -OCH3 is 1. The molecule has 44 heavy (non-hydrogen) atoms. The monoisotopic (exact) mass is 667 g/mol. The molecule has 1 aromatic carbocycles. The zero-order valence-electron chi connectivity index (χ0n) is 23.6. The Morgan fingerprint density at radius 3 is 2.43 bits per heavy atom. The Hall–Kier alpha value is -2.34. The third kappa shape index (κ3) is 6.22. The van der Waals surface area contributed by atoms with Gasteiger partial charge in [-0.2, -0.15) is 5.10 Å². The number of hydrogen-bond donors (Lipinski definition) is 3. The fourth-order valence-corrected chi connectivity index (χ4v) is 7.84. The van der Waals surface area contributed by atoms with E-state index in [2.05, 4.69) is 15.4 Å². The molecule has 2 aliphatic rings. The predicted molar refractivity (Wildman–Crippen MR) is 149 cm³/mol. The van der Waals surface area contributed by atoms with Crippen LogP contribution in [0.5, 0.6) is 0 Å². The van der Waals surface area contributed by atoms with Crippen LogP contribution in [0.4, 0.5) is 22.0 Å². The minimum absolute atomic E-state index is 0.0463. The number of aliphatic hydroxyl groups is 3. The maximum absolute atomic E-state index is 14.2. The van der Waals surface area contributed by atoms with Crippen molar-refractivity contribution in [2.45, 2.75) is 85.7 Å². The van der Waals surface area contributed by atoms with E-state index >= 15 is 0 Å². The first kappa shape index (κ1) is 33.0. The first-order chi connectivity index (χ1) is 20.8. The Kier molecular flexibility index (Phi) is 9.62. The predicted octanol–water partition coefficient (Wildman–Crippen LogP) is 4.28. The summed E-state index contributed by atoms with van der Waals surface area (Å²) in [7, 11) is 1.33. The molecular formula is C27H31ClF5N5O5S. The molecule has 2 fully saturated rings. The topological polar surface area (TPSA) is 128 Å². The van der Waals surface area contributed by atoms with Gasteiger partial charge in [-0.15, -0.1) is 16.9 Å². The Labute approximate surface area is 258 Å². The summed E-state index contributed by atoms with van der Waals surface area (Å²) in [4.78, 5) is 0. The number of thioether (sulfide) groups is 1. The zero-order valence-corrected chi connectivity index (χ0v) is 25.2. The van der Waals surface area contributed by atoms with Crippen LogP contribution in [0.25, 0.3) is 11.3 Å².